The summed E-state index contributed by atoms with van der Waals surface area (Å²) in [5.41, 5.74) is 5.48. The van der Waals surface area contributed by atoms with Crippen LogP contribution in [0.4, 0.5) is 0 Å². The van der Waals surface area contributed by atoms with Crippen molar-refractivity contribution in [2.24, 2.45) is 0 Å². The van der Waals surface area contributed by atoms with E-state index in [0.717, 1.165) is 22.1 Å². The monoisotopic (exact) mass is 271 g/mol. The molecule has 0 saturated heterocycles. The Morgan fingerprint density at radius 2 is 1.71 bits per heavy atom. The molecule has 0 N–H and O–H groups in total. The molecule has 2 heterocycles. The van der Waals surface area contributed by atoms with Crippen molar-refractivity contribution in [3.05, 3.63) is 53.7 Å². The average molecular weight is 271 g/mol. The molecule has 2 nitrogen and oxygen atoms in total. The Morgan fingerprint density at radius 1 is 0.857 bits per heavy atom. The lowest BCUT2D eigenvalue weighted by Gasteiger charge is -2.10. The standard InChI is InChI=1S/C19H13NO/c1-10-8-11(2)16-12-4-3-5-14-17(12)18-15(21-14)6-7-20-19(18)13(16)9-10/h3-9H,1-2H3. The molecule has 0 bridgehead atoms. The van der Waals surface area contributed by atoms with Gasteiger partial charge in [-0.1, -0.05) is 23.8 Å². The lowest BCUT2D eigenvalue weighted by atomic mass is 9.93. The van der Waals surface area contributed by atoms with Crippen LogP contribution in [0.15, 0.2) is 47.0 Å². The van der Waals surface area contributed by atoms with Crippen LogP contribution in [0.3, 0.4) is 0 Å². The smallest absolute Gasteiger partial charge is 0.139 e. The summed E-state index contributed by atoms with van der Waals surface area (Å²) >= 11 is 0. The van der Waals surface area contributed by atoms with Crippen molar-refractivity contribution in [3.63, 3.8) is 0 Å². The van der Waals surface area contributed by atoms with Crippen LogP contribution < -0.4 is 0 Å². The first-order valence-electron chi connectivity index (χ1n) is 7.16. The van der Waals surface area contributed by atoms with Crippen molar-refractivity contribution in [1.29, 1.82) is 0 Å². The molecular weight excluding hydrogens is 258 g/mol. The summed E-state index contributed by atoms with van der Waals surface area (Å²) in [7, 11) is 0. The van der Waals surface area contributed by atoms with E-state index >= 15 is 0 Å². The summed E-state index contributed by atoms with van der Waals surface area (Å²) in [5, 5.41) is 6.13. The Kier molecular flexibility index (Phi) is 1.86. The van der Waals surface area contributed by atoms with Gasteiger partial charge in [-0.05, 0) is 48.4 Å². The van der Waals surface area contributed by atoms with E-state index in [1.165, 1.54) is 32.7 Å². The highest BCUT2D eigenvalue weighted by atomic mass is 16.3. The maximum Gasteiger partial charge on any atom is 0.139 e. The number of aryl methyl sites for hydroxylation is 2. The fourth-order valence-electron chi connectivity index (χ4n) is 3.69. The van der Waals surface area contributed by atoms with Gasteiger partial charge >= 0.3 is 0 Å². The van der Waals surface area contributed by atoms with Gasteiger partial charge in [-0.3, -0.25) is 4.98 Å². The molecule has 0 unspecified atom stereocenters. The van der Waals surface area contributed by atoms with E-state index < -0.39 is 0 Å². The van der Waals surface area contributed by atoms with Gasteiger partial charge in [0.05, 0.1) is 10.9 Å². The first kappa shape index (κ1) is 11.1. The molecule has 0 saturated carbocycles. The molecule has 2 aromatic heterocycles. The van der Waals surface area contributed by atoms with E-state index in [4.69, 9.17) is 4.42 Å². The number of hydrogen-bond donors (Lipinski definition) is 0. The summed E-state index contributed by atoms with van der Waals surface area (Å²) in [4.78, 5) is 4.66. The van der Waals surface area contributed by atoms with Crippen LogP contribution >= 0.6 is 0 Å². The molecule has 0 aliphatic heterocycles. The maximum atomic E-state index is 6.02. The number of hydrogen-bond acceptors (Lipinski definition) is 2. The Morgan fingerprint density at radius 3 is 2.62 bits per heavy atom. The zero-order valence-electron chi connectivity index (χ0n) is 11.9. The fourth-order valence-corrected chi connectivity index (χ4v) is 3.69. The van der Waals surface area contributed by atoms with Crippen LogP contribution in [-0.4, -0.2) is 4.98 Å². The van der Waals surface area contributed by atoms with Gasteiger partial charge in [0.1, 0.15) is 11.2 Å². The highest BCUT2D eigenvalue weighted by Crippen LogP contribution is 2.42. The number of rotatable bonds is 0. The highest BCUT2D eigenvalue weighted by Gasteiger charge is 2.18. The minimum absolute atomic E-state index is 0.923. The van der Waals surface area contributed by atoms with Gasteiger partial charge in [0.2, 0.25) is 0 Å². The van der Waals surface area contributed by atoms with Crippen LogP contribution in [0.1, 0.15) is 11.1 Å². The van der Waals surface area contributed by atoms with Gasteiger partial charge in [-0.2, -0.15) is 0 Å². The Bertz CT molecular complexity index is 1150. The molecule has 2 heteroatoms. The second-order valence-electron chi connectivity index (χ2n) is 5.82. The lowest BCUT2D eigenvalue weighted by molar-refractivity contribution is 0.669. The first-order valence-corrected chi connectivity index (χ1v) is 7.16. The van der Waals surface area contributed by atoms with Crippen molar-refractivity contribution < 1.29 is 4.42 Å². The molecule has 21 heavy (non-hydrogen) atoms. The predicted molar refractivity (Wildman–Crippen MR) is 87.2 cm³/mol. The van der Waals surface area contributed by atoms with Gasteiger partial charge in [-0.25, -0.2) is 0 Å². The zero-order chi connectivity index (χ0) is 14.1. The maximum absolute atomic E-state index is 6.02. The molecule has 5 aromatic rings. The van der Waals surface area contributed by atoms with Crippen molar-refractivity contribution in [3.8, 4) is 0 Å². The number of pyridine rings is 1. The van der Waals surface area contributed by atoms with Crippen LogP contribution in [-0.2, 0) is 0 Å². The van der Waals surface area contributed by atoms with Crippen LogP contribution in [0.2, 0.25) is 0 Å². The number of nitrogens with zero attached hydrogens (tertiary/aromatic N) is 1. The molecule has 5 rings (SSSR count). The van der Waals surface area contributed by atoms with E-state index in [2.05, 4.69) is 43.1 Å². The highest BCUT2D eigenvalue weighted by molar-refractivity contribution is 6.32. The molecular formula is C19H13NO. The molecule has 0 fully saturated rings. The molecule has 100 valence electrons. The third-order valence-electron chi connectivity index (χ3n) is 4.41. The van der Waals surface area contributed by atoms with Gasteiger partial charge in [0, 0.05) is 17.0 Å². The zero-order valence-corrected chi connectivity index (χ0v) is 11.9. The normalized spacial score (nSPS) is 12.3. The second-order valence-corrected chi connectivity index (χ2v) is 5.82. The summed E-state index contributed by atoms with van der Waals surface area (Å²) in [6.07, 6.45) is 1.84. The second kappa shape index (κ2) is 3.53. The summed E-state index contributed by atoms with van der Waals surface area (Å²) < 4.78 is 6.02. The Balaban J connectivity index is 2.30. The molecule has 0 atom stereocenters. The largest absolute Gasteiger partial charge is 0.456 e. The molecule has 0 aliphatic rings. The summed E-state index contributed by atoms with van der Waals surface area (Å²) in [6.45, 7) is 4.31. The molecule has 0 spiro atoms. The van der Waals surface area contributed by atoms with E-state index in [1.807, 2.05) is 18.3 Å². The fraction of sp³-hybridized carbons (Fsp3) is 0.105. The Hall–Kier alpha value is -2.61. The van der Waals surface area contributed by atoms with E-state index in [9.17, 15) is 0 Å². The van der Waals surface area contributed by atoms with Crippen molar-refractivity contribution in [1.82, 2.24) is 4.98 Å². The first-order chi connectivity index (χ1) is 10.2. The van der Waals surface area contributed by atoms with Crippen LogP contribution in [0.5, 0.6) is 0 Å². The van der Waals surface area contributed by atoms with Crippen molar-refractivity contribution in [2.45, 2.75) is 13.8 Å². The van der Waals surface area contributed by atoms with E-state index in [1.54, 1.807) is 0 Å². The topological polar surface area (TPSA) is 26.0 Å². The minimum Gasteiger partial charge on any atom is -0.456 e. The quantitative estimate of drug-likeness (QED) is 0.355. The van der Waals surface area contributed by atoms with Crippen molar-refractivity contribution >= 4 is 43.6 Å². The lowest BCUT2D eigenvalue weighted by Crippen LogP contribution is -1.88. The van der Waals surface area contributed by atoms with Crippen LogP contribution in [0.25, 0.3) is 43.6 Å². The molecule has 0 amide bonds. The summed E-state index contributed by atoms with van der Waals surface area (Å²) in [5.74, 6) is 0. The van der Waals surface area contributed by atoms with E-state index in [-0.39, 0.29) is 0 Å². The van der Waals surface area contributed by atoms with Gasteiger partial charge in [0.25, 0.3) is 0 Å². The van der Waals surface area contributed by atoms with Gasteiger partial charge in [0.15, 0.2) is 0 Å². The summed E-state index contributed by atoms with van der Waals surface area (Å²) in [6, 6.07) is 12.7. The van der Waals surface area contributed by atoms with Gasteiger partial charge < -0.3 is 4.42 Å². The van der Waals surface area contributed by atoms with Crippen molar-refractivity contribution in [2.75, 3.05) is 0 Å². The third-order valence-corrected chi connectivity index (χ3v) is 4.41. The molecule has 0 aliphatic carbocycles. The molecule has 0 radical (unpaired) electrons. The predicted octanol–water partition coefficient (Wildman–Crippen LogP) is 5.34. The minimum atomic E-state index is 0.923. The molecule has 3 aromatic carbocycles. The average Bonchev–Trinajstić information content (AvgIpc) is 2.85. The van der Waals surface area contributed by atoms with E-state index in [0.29, 0.717) is 0 Å². The SMILES string of the molecule is Cc1cc(C)c2c(c1)c1nccc3oc4cccc2c4c31. The Labute approximate surface area is 121 Å². The van der Waals surface area contributed by atoms with Crippen LogP contribution in [0, 0.1) is 13.8 Å². The van der Waals surface area contributed by atoms with Gasteiger partial charge in [-0.15, -0.1) is 0 Å². The number of aromatic nitrogens is 1. The number of furan rings is 1. The third kappa shape index (κ3) is 1.25. The number of fused-ring (bicyclic) bond motifs is 3. The number of benzene rings is 3.